The Morgan fingerprint density at radius 1 is 1.36 bits per heavy atom. The van der Waals surface area contributed by atoms with Gasteiger partial charge in [-0.25, -0.2) is 8.42 Å². The van der Waals surface area contributed by atoms with Gasteiger partial charge in [0.1, 0.15) is 0 Å². The van der Waals surface area contributed by atoms with Gasteiger partial charge in [0.15, 0.2) is 4.90 Å². The minimum Gasteiger partial charge on any atom is -0.481 e. The van der Waals surface area contributed by atoms with E-state index in [2.05, 4.69) is 0 Å². The minimum atomic E-state index is -4.11. The number of rotatable bonds is 4. The molecule has 0 saturated carbocycles. The Labute approximate surface area is 127 Å². The lowest BCUT2D eigenvalue weighted by Gasteiger charge is -2.18. The summed E-state index contributed by atoms with van der Waals surface area (Å²) in [7, 11) is -4.11. The first kappa shape index (κ1) is 16.4. The fourth-order valence-electron chi connectivity index (χ4n) is 2.60. The molecule has 0 amide bonds. The molecule has 0 radical (unpaired) electrons. The minimum absolute atomic E-state index is 0.0455. The molecular weight excluding hydrogens is 312 g/mol. The Bertz CT molecular complexity index is 743. The number of nitro groups is 1. The maximum atomic E-state index is 12.7. The van der Waals surface area contributed by atoms with Gasteiger partial charge in [0.05, 0.1) is 10.8 Å². The third-order valence-corrected chi connectivity index (χ3v) is 5.85. The van der Waals surface area contributed by atoms with Crippen molar-refractivity contribution in [3.63, 3.8) is 0 Å². The van der Waals surface area contributed by atoms with Gasteiger partial charge in [-0.15, -0.1) is 0 Å². The molecule has 1 fully saturated rings. The standard InChI is InChI=1S/C13H16N2O6S/c1-8-3-4-9(2)12(11(8)15(18)19)22(20,21)14-6-5-10(7-14)13(16)17/h3-4,10H,5-7H2,1-2H3,(H,16,17). The summed E-state index contributed by atoms with van der Waals surface area (Å²) in [5.74, 6) is -1.84. The number of carboxylic acids is 1. The smallest absolute Gasteiger partial charge is 0.307 e. The third kappa shape index (κ3) is 2.69. The molecule has 120 valence electrons. The van der Waals surface area contributed by atoms with Crippen molar-refractivity contribution in [1.29, 1.82) is 0 Å². The van der Waals surface area contributed by atoms with Crippen molar-refractivity contribution >= 4 is 21.7 Å². The van der Waals surface area contributed by atoms with Crippen molar-refractivity contribution < 1.29 is 23.2 Å². The molecule has 0 bridgehead atoms. The molecule has 1 heterocycles. The second kappa shape index (κ2) is 5.65. The number of nitrogens with zero attached hydrogens (tertiary/aromatic N) is 2. The molecule has 1 aromatic rings. The maximum absolute atomic E-state index is 12.7. The van der Waals surface area contributed by atoms with Gasteiger partial charge in [0, 0.05) is 18.7 Å². The Hall–Kier alpha value is -2.00. The van der Waals surface area contributed by atoms with E-state index < -0.39 is 32.5 Å². The van der Waals surface area contributed by atoms with Crippen LogP contribution in [0.15, 0.2) is 17.0 Å². The van der Waals surface area contributed by atoms with Crippen LogP contribution < -0.4 is 0 Å². The summed E-state index contributed by atoms with van der Waals surface area (Å²) in [6, 6.07) is 3.01. The summed E-state index contributed by atoms with van der Waals surface area (Å²) in [4.78, 5) is 21.2. The first-order valence-corrected chi connectivity index (χ1v) is 8.07. The number of carbonyl (C=O) groups is 1. The van der Waals surface area contributed by atoms with Gasteiger partial charge in [-0.3, -0.25) is 14.9 Å². The van der Waals surface area contributed by atoms with Crippen molar-refractivity contribution in [2.24, 2.45) is 5.92 Å². The molecule has 1 aliphatic heterocycles. The third-order valence-electron chi connectivity index (χ3n) is 3.81. The molecule has 1 N–H and O–H groups in total. The van der Waals surface area contributed by atoms with Crippen LogP contribution in [-0.4, -0.2) is 41.8 Å². The SMILES string of the molecule is Cc1ccc(C)c(S(=O)(=O)N2CCC(C(=O)O)C2)c1[N+](=O)[O-]. The summed E-state index contributed by atoms with van der Waals surface area (Å²) >= 11 is 0. The Kier molecular flexibility index (Phi) is 4.21. The van der Waals surface area contributed by atoms with E-state index >= 15 is 0 Å². The summed E-state index contributed by atoms with van der Waals surface area (Å²) < 4.78 is 26.5. The molecule has 0 aromatic heterocycles. The van der Waals surface area contributed by atoms with E-state index in [1.165, 1.54) is 26.0 Å². The largest absolute Gasteiger partial charge is 0.481 e. The average molecular weight is 328 g/mol. The number of aryl methyl sites for hydroxylation is 2. The first-order valence-electron chi connectivity index (χ1n) is 6.63. The van der Waals surface area contributed by atoms with Gasteiger partial charge >= 0.3 is 5.97 Å². The van der Waals surface area contributed by atoms with Crippen LogP contribution in [-0.2, 0) is 14.8 Å². The van der Waals surface area contributed by atoms with Crippen LogP contribution in [0.5, 0.6) is 0 Å². The molecule has 0 aliphatic carbocycles. The summed E-state index contributed by atoms with van der Waals surface area (Å²) in [5, 5.41) is 20.2. The van der Waals surface area contributed by atoms with Crippen LogP contribution in [0.1, 0.15) is 17.5 Å². The normalized spacial score (nSPS) is 19.3. The molecule has 8 nitrogen and oxygen atoms in total. The van der Waals surface area contributed by atoms with E-state index in [1.807, 2.05) is 0 Å². The highest BCUT2D eigenvalue weighted by molar-refractivity contribution is 7.89. The molecule has 0 spiro atoms. The average Bonchev–Trinajstić information content (AvgIpc) is 2.91. The van der Waals surface area contributed by atoms with Crippen molar-refractivity contribution in [3.05, 3.63) is 33.4 Å². The Balaban J connectivity index is 2.54. The lowest BCUT2D eigenvalue weighted by Crippen LogP contribution is -2.31. The Morgan fingerprint density at radius 2 is 1.95 bits per heavy atom. The van der Waals surface area contributed by atoms with Gasteiger partial charge in [0.25, 0.3) is 5.69 Å². The number of hydrogen-bond acceptors (Lipinski definition) is 5. The monoisotopic (exact) mass is 328 g/mol. The molecular formula is C13H16N2O6S. The number of nitro benzene ring substituents is 1. The lowest BCUT2D eigenvalue weighted by atomic mass is 10.1. The zero-order valence-electron chi connectivity index (χ0n) is 12.1. The number of benzene rings is 1. The predicted octanol–water partition coefficient (Wildman–Crippen LogP) is 1.31. The van der Waals surface area contributed by atoms with Gasteiger partial charge in [-0.2, -0.15) is 4.31 Å². The van der Waals surface area contributed by atoms with Crippen molar-refractivity contribution in [3.8, 4) is 0 Å². The van der Waals surface area contributed by atoms with E-state index in [-0.39, 0.29) is 35.5 Å². The number of aliphatic carboxylic acids is 1. The predicted molar refractivity (Wildman–Crippen MR) is 77.1 cm³/mol. The molecule has 1 atom stereocenters. The van der Waals surface area contributed by atoms with Gasteiger partial charge in [-0.1, -0.05) is 12.1 Å². The summed E-state index contributed by atoms with van der Waals surface area (Å²) in [6.45, 7) is 2.84. The topological polar surface area (TPSA) is 118 Å². The van der Waals surface area contributed by atoms with E-state index in [9.17, 15) is 23.3 Å². The van der Waals surface area contributed by atoms with Crippen LogP contribution >= 0.6 is 0 Å². The highest BCUT2D eigenvalue weighted by Crippen LogP contribution is 2.34. The highest BCUT2D eigenvalue weighted by Gasteiger charge is 2.40. The van der Waals surface area contributed by atoms with E-state index in [4.69, 9.17) is 5.11 Å². The number of carboxylic acid groups (broad SMARTS) is 1. The van der Waals surface area contributed by atoms with Crippen LogP contribution in [0.25, 0.3) is 0 Å². The summed E-state index contributed by atoms with van der Waals surface area (Å²) in [5.41, 5.74) is 0.0815. The Morgan fingerprint density at radius 3 is 2.45 bits per heavy atom. The van der Waals surface area contributed by atoms with Crippen molar-refractivity contribution in [1.82, 2.24) is 4.31 Å². The lowest BCUT2D eigenvalue weighted by molar-refractivity contribution is -0.388. The second-order valence-electron chi connectivity index (χ2n) is 5.32. The molecule has 22 heavy (non-hydrogen) atoms. The van der Waals surface area contributed by atoms with E-state index in [0.29, 0.717) is 0 Å². The van der Waals surface area contributed by atoms with Gasteiger partial charge in [-0.05, 0) is 25.8 Å². The molecule has 1 unspecified atom stereocenters. The van der Waals surface area contributed by atoms with Crippen LogP contribution in [0, 0.1) is 29.9 Å². The number of hydrogen-bond donors (Lipinski definition) is 1. The fraction of sp³-hybridized carbons (Fsp3) is 0.462. The number of sulfonamides is 1. The molecule has 1 saturated heterocycles. The maximum Gasteiger partial charge on any atom is 0.307 e. The van der Waals surface area contributed by atoms with Crippen LogP contribution in [0.3, 0.4) is 0 Å². The zero-order chi connectivity index (χ0) is 16.7. The fourth-order valence-corrected chi connectivity index (χ4v) is 4.54. The van der Waals surface area contributed by atoms with Crippen LogP contribution in [0.4, 0.5) is 5.69 Å². The first-order chi connectivity index (χ1) is 10.2. The van der Waals surface area contributed by atoms with Gasteiger partial charge < -0.3 is 5.11 Å². The highest BCUT2D eigenvalue weighted by atomic mass is 32.2. The molecule has 1 aliphatic rings. The summed E-state index contributed by atoms with van der Waals surface area (Å²) in [6.07, 6.45) is 0.202. The molecule has 2 rings (SSSR count). The quantitative estimate of drug-likeness (QED) is 0.657. The van der Waals surface area contributed by atoms with Gasteiger partial charge in [0.2, 0.25) is 10.0 Å². The van der Waals surface area contributed by atoms with E-state index in [0.717, 1.165) is 4.31 Å². The van der Waals surface area contributed by atoms with E-state index in [1.54, 1.807) is 0 Å². The van der Waals surface area contributed by atoms with Crippen LogP contribution in [0.2, 0.25) is 0 Å². The molecule has 9 heteroatoms. The molecule has 1 aromatic carbocycles. The zero-order valence-corrected chi connectivity index (χ0v) is 13.0. The van der Waals surface area contributed by atoms with Crippen molar-refractivity contribution in [2.75, 3.05) is 13.1 Å². The second-order valence-corrected chi connectivity index (χ2v) is 7.20. The van der Waals surface area contributed by atoms with Crippen molar-refractivity contribution in [2.45, 2.75) is 25.2 Å².